The fourth-order valence-corrected chi connectivity index (χ4v) is 3.02. The lowest BCUT2D eigenvalue weighted by atomic mass is 10.0. The molecule has 2 aromatic rings. The molecule has 0 N–H and O–H groups in total. The number of aromatic nitrogens is 2. The summed E-state index contributed by atoms with van der Waals surface area (Å²) in [5.74, 6) is 0.586. The number of nitrogens with zero attached hydrogens (tertiary/aromatic N) is 3. The zero-order chi connectivity index (χ0) is 16.2. The van der Waals surface area contributed by atoms with Gasteiger partial charge in [0.05, 0.1) is 12.7 Å². The predicted molar refractivity (Wildman–Crippen MR) is 87.5 cm³/mol. The maximum Gasteiger partial charge on any atom is 0.253 e. The molecule has 1 aliphatic rings. The molecule has 1 aromatic heterocycles. The van der Waals surface area contributed by atoms with Gasteiger partial charge in [-0.05, 0) is 38.8 Å². The van der Waals surface area contributed by atoms with E-state index in [4.69, 9.17) is 4.74 Å². The van der Waals surface area contributed by atoms with Gasteiger partial charge in [0, 0.05) is 24.5 Å². The Morgan fingerprint density at radius 3 is 2.70 bits per heavy atom. The molecule has 120 valence electrons. The normalized spacial score (nSPS) is 17.8. The summed E-state index contributed by atoms with van der Waals surface area (Å²) in [7, 11) is 0. The smallest absolute Gasteiger partial charge is 0.253 e. The molecule has 1 unspecified atom stereocenters. The summed E-state index contributed by atoms with van der Waals surface area (Å²) in [6.07, 6.45) is 6.65. The minimum Gasteiger partial charge on any atom is -0.471 e. The van der Waals surface area contributed by atoms with Crippen LogP contribution in [0, 0.1) is 13.8 Å². The number of carbonyl (C=O) groups is 1. The van der Waals surface area contributed by atoms with E-state index in [2.05, 4.69) is 16.0 Å². The highest BCUT2D eigenvalue weighted by molar-refractivity contribution is 5.94. The third-order valence-corrected chi connectivity index (χ3v) is 3.96. The zero-order valence-electron chi connectivity index (χ0n) is 13.5. The van der Waals surface area contributed by atoms with Crippen molar-refractivity contribution in [3.63, 3.8) is 0 Å². The molecule has 0 aliphatic carbocycles. The number of piperidine rings is 1. The first-order valence-corrected chi connectivity index (χ1v) is 7.92. The number of ether oxygens (including phenoxy) is 1. The lowest BCUT2D eigenvalue weighted by Gasteiger charge is -2.32. The number of rotatable bonds is 3. The maximum atomic E-state index is 12.7. The fraction of sp³-hybridized carbons (Fsp3) is 0.389. The number of hydrogen-bond acceptors (Lipinski definition) is 4. The van der Waals surface area contributed by atoms with E-state index in [-0.39, 0.29) is 12.0 Å². The monoisotopic (exact) mass is 311 g/mol. The highest BCUT2D eigenvalue weighted by Gasteiger charge is 2.26. The maximum absolute atomic E-state index is 12.7. The largest absolute Gasteiger partial charge is 0.471 e. The Balaban J connectivity index is 1.69. The second-order valence-electron chi connectivity index (χ2n) is 6.05. The Bertz CT molecular complexity index is 668. The van der Waals surface area contributed by atoms with Crippen molar-refractivity contribution in [2.45, 2.75) is 32.8 Å². The molecule has 1 amide bonds. The lowest BCUT2D eigenvalue weighted by molar-refractivity contribution is 0.0526. The van der Waals surface area contributed by atoms with Crippen LogP contribution in [0.25, 0.3) is 0 Å². The van der Waals surface area contributed by atoms with Crippen molar-refractivity contribution in [1.29, 1.82) is 0 Å². The molecule has 2 heterocycles. The van der Waals surface area contributed by atoms with Gasteiger partial charge in [0.25, 0.3) is 5.91 Å². The average Bonchev–Trinajstić information content (AvgIpc) is 2.54. The second-order valence-corrected chi connectivity index (χ2v) is 6.05. The molecule has 0 radical (unpaired) electrons. The second kappa shape index (κ2) is 6.77. The summed E-state index contributed by atoms with van der Waals surface area (Å²) in [6, 6.07) is 5.97. The number of amides is 1. The van der Waals surface area contributed by atoms with Gasteiger partial charge in [-0.3, -0.25) is 9.78 Å². The topological polar surface area (TPSA) is 55.3 Å². The van der Waals surface area contributed by atoms with E-state index in [1.807, 2.05) is 30.9 Å². The fourth-order valence-electron chi connectivity index (χ4n) is 3.02. The number of hydrogen-bond donors (Lipinski definition) is 0. The van der Waals surface area contributed by atoms with Crippen LogP contribution in [-0.2, 0) is 0 Å². The van der Waals surface area contributed by atoms with Gasteiger partial charge in [-0.1, -0.05) is 17.2 Å². The summed E-state index contributed by atoms with van der Waals surface area (Å²) >= 11 is 0. The summed E-state index contributed by atoms with van der Waals surface area (Å²) in [5, 5.41) is 0. The SMILES string of the molecule is Cc1cc(C)cc(C(=O)N2CCCC(Oc3cnccn3)C2)c1. The highest BCUT2D eigenvalue weighted by atomic mass is 16.5. The Morgan fingerprint density at radius 2 is 2.00 bits per heavy atom. The third-order valence-electron chi connectivity index (χ3n) is 3.96. The molecule has 1 atom stereocenters. The average molecular weight is 311 g/mol. The van der Waals surface area contributed by atoms with Crippen LogP contribution in [0.4, 0.5) is 0 Å². The molecule has 5 nitrogen and oxygen atoms in total. The Kier molecular flexibility index (Phi) is 4.55. The summed E-state index contributed by atoms with van der Waals surface area (Å²) in [4.78, 5) is 22.8. The predicted octanol–water partition coefficient (Wildman–Crippen LogP) is 2.78. The van der Waals surface area contributed by atoms with Gasteiger partial charge < -0.3 is 9.64 Å². The summed E-state index contributed by atoms with van der Waals surface area (Å²) in [5.41, 5.74) is 2.97. The molecular weight excluding hydrogens is 290 g/mol. The van der Waals surface area contributed by atoms with Crippen molar-refractivity contribution in [1.82, 2.24) is 14.9 Å². The molecular formula is C18H21N3O2. The Morgan fingerprint density at radius 1 is 1.22 bits per heavy atom. The first kappa shape index (κ1) is 15.5. The first-order chi connectivity index (χ1) is 11.1. The van der Waals surface area contributed by atoms with Gasteiger partial charge in [0.1, 0.15) is 6.10 Å². The quantitative estimate of drug-likeness (QED) is 0.874. The van der Waals surface area contributed by atoms with Crippen LogP contribution in [0.15, 0.2) is 36.8 Å². The Hall–Kier alpha value is -2.43. The van der Waals surface area contributed by atoms with Gasteiger partial charge in [-0.2, -0.15) is 0 Å². The molecule has 1 fully saturated rings. The van der Waals surface area contributed by atoms with E-state index in [0.29, 0.717) is 12.4 Å². The standard InChI is InChI=1S/C18H21N3O2/c1-13-8-14(2)10-15(9-13)18(22)21-7-3-4-16(12-21)23-17-11-19-5-6-20-17/h5-6,8-11,16H,3-4,7,12H2,1-2H3. The number of carbonyl (C=O) groups excluding carboxylic acids is 1. The van der Waals surface area contributed by atoms with Gasteiger partial charge in [0.2, 0.25) is 5.88 Å². The van der Waals surface area contributed by atoms with Crippen LogP contribution < -0.4 is 4.74 Å². The van der Waals surface area contributed by atoms with Gasteiger partial charge in [-0.15, -0.1) is 0 Å². The number of likely N-dealkylation sites (tertiary alicyclic amines) is 1. The minimum atomic E-state index is -0.0321. The van der Waals surface area contributed by atoms with Crippen molar-refractivity contribution in [3.8, 4) is 5.88 Å². The van der Waals surface area contributed by atoms with E-state index in [9.17, 15) is 4.79 Å². The van der Waals surface area contributed by atoms with E-state index in [1.54, 1.807) is 18.6 Å². The molecule has 1 aliphatic heterocycles. The van der Waals surface area contributed by atoms with Gasteiger partial charge in [-0.25, -0.2) is 4.98 Å². The molecule has 1 aromatic carbocycles. The minimum absolute atomic E-state index is 0.0321. The summed E-state index contributed by atoms with van der Waals surface area (Å²) in [6.45, 7) is 5.38. The van der Waals surface area contributed by atoms with Crippen LogP contribution in [0.2, 0.25) is 0 Å². The van der Waals surface area contributed by atoms with E-state index < -0.39 is 0 Å². The van der Waals surface area contributed by atoms with E-state index >= 15 is 0 Å². The van der Waals surface area contributed by atoms with Crippen LogP contribution >= 0.6 is 0 Å². The highest BCUT2D eigenvalue weighted by Crippen LogP contribution is 2.19. The van der Waals surface area contributed by atoms with E-state index in [0.717, 1.165) is 36.1 Å². The molecule has 5 heteroatoms. The van der Waals surface area contributed by atoms with Crippen molar-refractivity contribution in [3.05, 3.63) is 53.5 Å². The van der Waals surface area contributed by atoms with Crippen LogP contribution in [-0.4, -0.2) is 40.0 Å². The van der Waals surface area contributed by atoms with Crippen LogP contribution in [0.1, 0.15) is 34.3 Å². The molecule has 0 saturated carbocycles. The molecule has 1 saturated heterocycles. The van der Waals surface area contributed by atoms with Crippen molar-refractivity contribution >= 4 is 5.91 Å². The summed E-state index contributed by atoms with van der Waals surface area (Å²) < 4.78 is 5.85. The van der Waals surface area contributed by atoms with Crippen molar-refractivity contribution < 1.29 is 9.53 Å². The molecule has 0 spiro atoms. The molecule has 23 heavy (non-hydrogen) atoms. The number of aryl methyl sites for hydroxylation is 2. The molecule has 0 bridgehead atoms. The third kappa shape index (κ3) is 3.86. The van der Waals surface area contributed by atoms with Crippen molar-refractivity contribution in [2.75, 3.05) is 13.1 Å². The van der Waals surface area contributed by atoms with Crippen LogP contribution in [0.5, 0.6) is 5.88 Å². The lowest BCUT2D eigenvalue weighted by Crippen LogP contribution is -2.44. The van der Waals surface area contributed by atoms with E-state index in [1.165, 1.54) is 0 Å². The molecule has 3 rings (SSSR count). The van der Waals surface area contributed by atoms with Gasteiger partial charge >= 0.3 is 0 Å². The Labute approximate surface area is 136 Å². The zero-order valence-corrected chi connectivity index (χ0v) is 13.5. The van der Waals surface area contributed by atoms with Crippen molar-refractivity contribution in [2.24, 2.45) is 0 Å². The van der Waals surface area contributed by atoms with Gasteiger partial charge in [0.15, 0.2) is 0 Å². The van der Waals surface area contributed by atoms with Crippen LogP contribution in [0.3, 0.4) is 0 Å². The number of benzene rings is 1. The first-order valence-electron chi connectivity index (χ1n) is 7.92.